The first-order chi connectivity index (χ1) is 19.4. The number of ether oxygens (including phenoxy) is 1. The Bertz CT molecular complexity index is 1730. The molecule has 11 heteroatoms. The third-order valence-corrected chi connectivity index (χ3v) is 7.99. The average Bonchev–Trinajstić information content (AvgIpc) is 3.54. The first-order valence-electron chi connectivity index (χ1n) is 13.0. The normalized spacial score (nSPS) is 13.9. The minimum atomic E-state index is -0.921. The van der Waals surface area contributed by atoms with Gasteiger partial charge in [-0.2, -0.15) is 0 Å². The number of imidazole rings is 1. The standard InChI is InChI=1S/C29H29N7O3S/c1-19-14-20(5-6-23(19)39-21-7-12-36-13-9-30-25(36)15-21)33-28-27-22-8-11-35(18-34(2)10-3-4-26(37)38)16-24(22)40-29(27)32-17-31-28/h3-7,9,12-15,17H,8,10-11,16,18H2,1-2H3,(H,37,38)(H,31,32,33)/b4-3+. The van der Waals surface area contributed by atoms with Crippen molar-refractivity contribution in [3.63, 3.8) is 0 Å². The number of carbonyl (C=O) groups is 1. The lowest BCUT2D eigenvalue weighted by atomic mass is 10.1. The van der Waals surface area contributed by atoms with Crippen LogP contribution < -0.4 is 10.1 Å². The number of nitrogens with one attached hydrogen (secondary N) is 1. The molecule has 6 rings (SSSR count). The molecule has 10 nitrogen and oxygen atoms in total. The number of pyridine rings is 1. The topological polar surface area (TPSA) is 108 Å². The second kappa shape index (κ2) is 11.0. The summed E-state index contributed by atoms with van der Waals surface area (Å²) in [7, 11) is 2.00. The fourth-order valence-electron chi connectivity index (χ4n) is 4.99. The Morgan fingerprint density at radius 3 is 2.98 bits per heavy atom. The van der Waals surface area contributed by atoms with Crippen LogP contribution in [0, 0.1) is 6.92 Å². The van der Waals surface area contributed by atoms with E-state index < -0.39 is 5.97 Å². The molecule has 1 aromatic carbocycles. The van der Waals surface area contributed by atoms with Crippen LogP contribution in [-0.2, 0) is 17.8 Å². The number of carboxylic acid groups (broad SMARTS) is 1. The maximum Gasteiger partial charge on any atom is 0.328 e. The van der Waals surface area contributed by atoms with Crippen LogP contribution >= 0.6 is 11.3 Å². The predicted molar refractivity (Wildman–Crippen MR) is 156 cm³/mol. The number of carboxylic acids is 1. The summed E-state index contributed by atoms with van der Waals surface area (Å²) in [6.45, 7) is 5.12. The van der Waals surface area contributed by atoms with Gasteiger partial charge in [0.1, 0.15) is 34.1 Å². The molecule has 1 aliphatic heterocycles. The van der Waals surface area contributed by atoms with E-state index in [9.17, 15) is 4.79 Å². The Kier molecular flexibility index (Phi) is 7.16. The summed E-state index contributed by atoms with van der Waals surface area (Å²) in [6, 6.07) is 9.87. The molecule has 5 aromatic rings. The Balaban J connectivity index is 1.17. The van der Waals surface area contributed by atoms with Gasteiger partial charge in [0, 0.05) is 60.9 Å². The number of benzene rings is 1. The van der Waals surface area contributed by atoms with Crippen molar-refractivity contribution >= 4 is 44.7 Å². The number of rotatable bonds is 9. The molecule has 0 unspecified atom stereocenters. The maximum atomic E-state index is 10.7. The zero-order valence-corrected chi connectivity index (χ0v) is 23.1. The number of nitrogens with zero attached hydrogens (tertiary/aromatic N) is 6. The lowest BCUT2D eigenvalue weighted by molar-refractivity contribution is -0.131. The van der Waals surface area contributed by atoms with Gasteiger partial charge in [-0.3, -0.25) is 9.80 Å². The minimum absolute atomic E-state index is 0.588. The molecule has 0 fully saturated rings. The highest BCUT2D eigenvalue weighted by Crippen LogP contribution is 2.38. The van der Waals surface area contributed by atoms with Crippen molar-refractivity contribution in [1.29, 1.82) is 0 Å². The summed E-state index contributed by atoms with van der Waals surface area (Å²) < 4.78 is 8.09. The quantitative estimate of drug-likeness (QED) is 0.241. The molecule has 0 atom stereocenters. The van der Waals surface area contributed by atoms with Gasteiger partial charge in [-0.25, -0.2) is 19.7 Å². The van der Waals surface area contributed by atoms with Crippen molar-refractivity contribution in [2.45, 2.75) is 19.9 Å². The summed E-state index contributed by atoms with van der Waals surface area (Å²) in [4.78, 5) is 31.0. The fourth-order valence-corrected chi connectivity index (χ4v) is 6.22. The molecule has 0 saturated carbocycles. The van der Waals surface area contributed by atoms with E-state index in [-0.39, 0.29) is 0 Å². The summed E-state index contributed by atoms with van der Waals surface area (Å²) in [5, 5.41) is 13.4. The van der Waals surface area contributed by atoms with Crippen LogP contribution in [0.4, 0.5) is 11.5 Å². The highest BCUT2D eigenvalue weighted by Gasteiger charge is 2.24. The molecular weight excluding hydrogens is 526 g/mol. The van der Waals surface area contributed by atoms with Crippen LogP contribution in [0.2, 0.25) is 0 Å². The average molecular weight is 556 g/mol. The van der Waals surface area contributed by atoms with E-state index in [1.165, 1.54) is 16.5 Å². The molecule has 0 spiro atoms. The SMILES string of the molecule is Cc1cc(Nc2ncnc3sc4c(c23)CCN(CN(C)C/C=C/C(=O)O)C4)ccc1Oc1ccn2ccnc2c1. The zero-order valence-electron chi connectivity index (χ0n) is 22.2. The number of aromatic nitrogens is 4. The van der Waals surface area contributed by atoms with Gasteiger partial charge in [-0.1, -0.05) is 6.08 Å². The molecular formula is C29H29N7O3S. The maximum absolute atomic E-state index is 10.7. The number of thiophene rings is 1. The van der Waals surface area contributed by atoms with Gasteiger partial charge in [0.2, 0.25) is 0 Å². The van der Waals surface area contributed by atoms with Crippen molar-refractivity contribution in [2.75, 3.05) is 32.1 Å². The van der Waals surface area contributed by atoms with Gasteiger partial charge in [0.25, 0.3) is 0 Å². The Labute approximate surface area is 235 Å². The molecule has 0 aliphatic carbocycles. The number of anilines is 2. The second-order valence-corrected chi connectivity index (χ2v) is 11.0. The van der Waals surface area contributed by atoms with E-state index in [0.717, 1.165) is 70.6 Å². The molecule has 1 aliphatic rings. The summed E-state index contributed by atoms with van der Waals surface area (Å²) >= 11 is 1.72. The van der Waals surface area contributed by atoms with Gasteiger partial charge < -0.3 is 19.6 Å². The number of aryl methyl sites for hydroxylation is 1. The first kappa shape index (κ1) is 25.9. The molecule has 0 amide bonds. The third-order valence-electron chi connectivity index (χ3n) is 6.87. The molecule has 40 heavy (non-hydrogen) atoms. The molecule has 2 N–H and O–H groups in total. The van der Waals surface area contributed by atoms with Crippen LogP contribution in [-0.4, -0.2) is 67.0 Å². The molecule has 204 valence electrons. The smallest absolute Gasteiger partial charge is 0.328 e. The summed E-state index contributed by atoms with van der Waals surface area (Å²) in [6.07, 6.45) is 11.0. The van der Waals surface area contributed by atoms with Gasteiger partial charge in [-0.15, -0.1) is 11.3 Å². The first-order valence-corrected chi connectivity index (χ1v) is 13.8. The van der Waals surface area contributed by atoms with Crippen molar-refractivity contribution in [3.05, 3.63) is 83.4 Å². The lowest BCUT2D eigenvalue weighted by Crippen LogP contribution is -2.38. The largest absolute Gasteiger partial charge is 0.478 e. The second-order valence-electron chi connectivity index (χ2n) is 9.89. The van der Waals surface area contributed by atoms with E-state index in [1.807, 2.05) is 55.0 Å². The molecule has 0 radical (unpaired) electrons. The number of hydrogen-bond acceptors (Lipinski definition) is 9. The van der Waals surface area contributed by atoms with Crippen LogP contribution in [0.25, 0.3) is 15.9 Å². The van der Waals surface area contributed by atoms with Crippen LogP contribution in [0.1, 0.15) is 16.0 Å². The molecule has 0 saturated heterocycles. The van der Waals surface area contributed by atoms with Gasteiger partial charge in [0.05, 0.1) is 12.1 Å². The zero-order chi connectivity index (χ0) is 27.6. The van der Waals surface area contributed by atoms with E-state index in [2.05, 4.69) is 36.1 Å². The number of hydrogen-bond donors (Lipinski definition) is 2. The summed E-state index contributed by atoms with van der Waals surface area (Å²) in [5.74, 6) is 1.41. The molecule has 5 heterocycles. The van der Waals surface area contributed by atoms with Crippen molar-refractivity contribution in [1.82, 2.24) is 29.2 Å². The van der Waals surface area contributed by atoms with Crippen LogP contribution in [0.5, 0.6) is 11.5 Å². The van der Waals surface area contributed by atoms with E-state index in [4.69, 9.17) is 9.84 Å². The van der Waals surface area contributed by atoms with Crippen molar-refractivity contribution < 1.29 is 14.6 Å². The van der Waals surface area contributed by atoms with E-state index in [1.54, 1.807) is 29.9 Å². The third kappa shape index (κ3) is 5.53. The number of likely N-dealkylation sites (N-methyl/N-ethyl adjacent to an activating group) is 1. The Morgan fingerprint density at radius 2 is 2.12 bits per heavy atom. The number of fused-ring (bicyclic) bond motifs is 4. The fraction of sp³-hybridized carbons (Fsp3) is 0.241. The lowest BCUT2D eigenvalue weighted by Gasteiger charge is -2.30. The monoisotopic (exact) mass is 555 g/mol. The van der Waals surface area contributed by atoms with Crippen molar-refractivity contribution in [3.8, 4) is 11.5 Å². The van der Waals surface area contributed by atoms with E-state index in [0.29, 0.717) is 6.54 Å². The van der Waals surface area contributed by atoms with Crippen molar-refractivity contribution in [2.24, 2.45) is 0 Å². The Hall–Kier alpha value is -4.32. The van der Waals surface area contributed by atoms with Gasteiger partial charge in [-0.05, 0) is 55.8 Å². The van der Waals surface area contributed by atoms with Crippen LogP contribution in [0.15, 0.2) is 67.4 Å². The highest BCUT2D eigenvalue weighted by molar-refractivity contribution is 7.19. The molecule has 0 bridgehead atoms. The number of aliphatic carboxylic acids is 1. The predicted octanol–water partition coefficient (Wildman–Crippen LogP) is 5.07. The van der Waals surface area contributed by atoms with Gasteiger partial charge in [0.15, 0.2) is 0 Å². The molecule has 4 aromatic heterocycles. The summed E-state index contributed by atoms with van der Waals surface area (Å²) in [5.41, 5.74) is 4.08. The highest BCUT2D eigenvalue weighted by atomic mass is 32.1. The van der Waals surface area contributed by atoms with Crippen LogP contribution in [0.3, 0.4) is 0 Å². The Morgan fingerprint density at radius 1 is 1.23 bits per heavy atom. The minimum Gasteiger partial charge on any atom is -0.478 e. The van der Waals surface area contributed by atoms with Gasteiger partial charge >= 0.3 is 5.97 Å². The van der Waals surface area contributed by atoms with E-state index >= 15 is 0 Å².